The maximum absolute atomic E-state index is 2.75. The van der Waals surface area contributed by atoms with Gasteiger partial charge in [-0.15, -0.1) is 0 Å². The van der Waals surface area contributed by atoms with Gasteiger partial charge in [-0.2, -0.15) is 0 Å². The van der Waals surface area contributed by atoms with Gasteiger partial charge in [-0.3, -0.25) is 9.80 Å². The van der Waals surface area contributed by atoms with Crippen LogP contribution in [0.15, 0.2) is 30.3 Å². The molecule has 3 aliphatic rings. The first-order valence-corrected chi connectivity index (χ1v) is 8.70. The monoisotopic (exact) mass is 282 g/mol. The highest BCUT2D eigenvalue weighted by molar-refractivity contribution is 5.64. The minimum Gasteiger partial charge on any atom is -0.278 e. The quantitative estimate of drug-likeness (QED) is 0.813. The summed E-state index contributed by atoms with van der Waals surface area (Å²) in [5.74, 6) is 0. The lowest BCUT2D eigenvalue weighted by atomic mass is 9.92. The Morgan fingerprint density at radius 3 is 1.90 bits per heavy atom. The van der Waals surface area contributed by atoms with Crippen molar-refractivity contribution in [3.8, 4) is 0 Å². The molecule has 2 fully saturated rings. The van der Waals surface area contributed by atoms with Gasteiger partial charge in [-0.25, -0.2) is 0 Å². The first-order chi connectivity index (χ1) is 10.4. The molecule has 4 rings (SSSR count). The summed E-state index contributed by atoms with van der Waals surface area (Å²) in [5, 5.41) is 0. The molecule has 21 heavy (non-hydrogen) atoms. The standard InChI is InChI=1S/C19H26N2/c1-5-13-20(14-6-1)19(21-15-7-2-8-16-21)12-11-17-9-3-4-10-18(17)19/h3-4,9-12H,1-2,5-8,13-16H2. The van der Waals surface area contributed by atoms with Crippen LogP contribution in [0, 0.1) is 0 Å². The van der Waals surface area contributed by atoms with Crippen molar-refractivity contribution in [3.63, 3.8) is 0 Å². The average Bonchev–Trinajstić information content (AvgIpc) is 2.97. The van der Waals surface area contributed by atoms with Crippen molar-refractivity contribution in [2.45, 2.75) is 44.2 Å². The molecule has 2 aliphatic heterocycles. The van der Waals surface area contributed by atoms with Gasteiger partial charge >= 0.3 is 0 Å². The number of nitrogens with zero attached hydrogens (tertiary/aromatic N) is 2. The second-order valence-electron chi connectivity index (χ2n) is 6.74. The van der Waals surface area contributed by atoms with E-state index in [4.69, 9.17) is 0 Å². The minimum atomic E-state index is 0.0530. The molecule has 0 saturated carbocycles. The smallest absolute Gasteiger partial charge is 0.120 e. The Morgan fingerprint density at radius 2 is 1.29 bits per heavy atom. The van der Waals surface area contributed by atoms with Gasteiger partial charge < -0.3 is 0 Å². The van der Waals surface area contributed by atoms with Crippen molar-refractivity contribution in [1.82, 2.24) is 9.80 Å². The van der Waals surface area contributed by atoms with Gasteiger partial charge in [0.05, 0.1) is 0 Å². The number of hydrogen-bond acceptors (Lipinski definition) is 2. The fourth-order valence-corrected chi connectivity index (χ4v) is 4.49. The zero-order valence-electron chi connectivity index (χ0n) is 12.9. The minimum absolute atomic E-state index is 0.0530. The lowest BCUT2D eigenvalue weighted by Crippen LogP contribution is -2.58. The summed E-state index contributed by atoms with van der Waals surface area (Å²) in [6.07, 6.45) is 13.1. The summed E-state index contributed by atoms with van der Waals surface area (Å²) in [4.78, 5) is 5.51. The van der Waals surface area contributed by atoms with E-state index < -0.39 is 0 Å². The second-order valence-corrected chi connectivity index (χ2v) is 6.74. The van der Waals surface area contributed by atoms with E-state index in [1.54, 1.807) is 0 Å². The van der Waals surface area contributed by atoms with E-state index in [1.807, 2.05) is 0 Å². The van der Waals surface area contributed by atoms with E-state index in [0.29, 0.717) is 0 Å². The Kier molecular flexibility index (Phi) is 3.60. The molecule has 112 valence electrons. The molecule has 0 aromatic heterocycles. The SMILES string of the molecule is C1=CC(N2CCCCC2)(N2CCCCC2)c2ccccc21. The summed E-state index contributed by atoms with van der Waals surface area (Å²) < 4.78 is 0. The van der Waals surface area contributed by atoms with Gasteiger partial charge in [0.25, 0.3) is 0 Å². The zero-order valence-corrected chi connectivity index (χ0v) is 12.9. The lowest BCUT2D eigenvalue weighted by Gasteiger charge is -2.51. The number of benzene rings is 1. The van der Waals surface area contributed by atoms with E-state index in [0.717, 1.165) is 0 Å². The maximum atomic E-state index is 2.75. The Morgan fingerprint density at radius 1 is 0.714 bits per heavy atom. The predicted octanol–water partition coefficient (Wildman–Crippen LogP) is 3.84. The largest absolute Gasteiger partial charge is 0.278 e. The van der Waals surface area contributed by atoms with Crippen LogP contribution >= 0.6 is 0 Å². The predicted molar refractivity (Wildman–Crippen MR) is 88.0 cm³/mol. The third-order valence-corrected chi connectivity index (χ3v) is 5.53. The third-order valence-electron chi connectivity index (χ3n) is 5.53. The molecule has 2 saturated heterocycles. The number of hydrogen-bond donors (Lipinski definition) is 0. The van der Waals surface area contributed by atoms with Gasteiger partial charge in [0.15, 0.2) is 0 Å². The normalized spacial score (nSPS) is 25.9. The summed E-state index contributed by atoms with van der Waals surface area (Å²) in [7, 11) is 0. The second kappa shape index (κ2) is 5.58. The van der Waals surface area contributed by atoms with Crippen LogP contribution in [0.2, 0.25) is 0 Å². The van der Waals surface area contributed by atoms with Crippen molar-refractivity contribution >= 4 is 6.08 Å². The van der Waals surface area contributed by atoms with Crippen molar-refractivity contribution in [2.75, 3.05) is 26.2 Å². The first-order valence-electron chi connectivity index (χ1n) is 8.70. The third kappa shape index (κ3) is 2.16. The van der Waals surface area contributed by atoms with Crippen LogP contribution in [-0.4, -0.2) is 36.0 Å². The highest BCUT2D eigenvalue weighted by Crippen LogP contribution is 2.43. The van der Waals surface area contributed by atoms with Gasteiger partial charge in [0, 0.05) is 26.2 Å². The van der Waals surface area contributed by atoms with E-state index in [2.05, 4.69) is 46.2 Å². The highest BCUT2D eigenvalue weighted by Gasteiger charge is 2.45. The Labute approximate surface area is 128 Å². The lowest BCUT2D eigenvalue weighted by molar-refractivity contribution is -0.0453. The molecular formula is C19H26N2. The summed E-state index contributed by atoms with van der Waals surface area (Å²) in [6.45, 7) is 4.98. The first kappa shape index (κ1) is 13.5. The molecule has 2 heterocycles. The zero-order chi connectivity index (χ0) is 14.1. The molecule has 2 nitrogen and oxygen atoms in total. The molecule has 0 radical (unpaired) electrons. The molecule has 0 unspecified atom stereocenters. The molecule has 1 aromatic rings. The number of piperidine rings is 2. The van der Waals surface area contributed by atoms with Crippen molar-refractivity contribution in [3.05, 3.63) is 41.5 Å². The maximum Gasteiger partial charge on any atom is 0.120 e. The molecule has 0 amide bonds. The summed E-state index contributed by atoms with van der Waals surface area (Å²) in [6, 6.07) is 9.03. The van der Waals surface area contributed by atoms with Crippen molar-refractivity contribution in [2.24, 2.45) is 0 Å². The molecule has 2 heteroatoms. The van der Waals surface area contributed by atoms with Crippen LogP contribution in [0.3, 0.4) is 0 Å². The Balaban J connectivity index is 1.77. The van der Waals surface area contributed by atoms with Gasteiger partial charge in [0.2, 0.25) is 0 Å². The molecular weight excluding hydrogens is 256 g/mol. The van der Waals surface area contributed by atoms with Crippen LogP contribution in [0.4, 0.5) is 0 Å². The van der Waals surface area contributed by atoms with E-state index in [-0.39, 0.29) is 5.66 Å². The van der Waals surface area contributed by atoms with E-state index in [1.165, 1.54) is 75.8 Å². The molecule has 1 aromatic carbocycles. The molecule has 0 N–H and O–H groups in total. The van der Waals surface area contributed by atoms with Crippen LogP contribution in [0.1, 0.15) is 49.7 Å². The summed E-state index contributed by atoms with van der Waals surface area (Å²) in [5.41, 5.74) is 3.00. The topological polar surface area (TPSA) is 6.48 Å². The van der Waals surface area contributed by atoms with Crippen molar-refractivity contribution < 1.29 is 0 Å². The molecule has 0 spiro atoms. The van der Waals surface area contributed by atoms with Crippen LogP contribution in [0.5, 0.6) is 0 Å². The average molecular weight is 282 g/mol. The van der Waals surface area contributed by atoms with Gasteiger partial charge in [-0.05, 0) is 42.9 Å². The summed E-state index contributed by atoms with van der Waals surface area (Å²) >= 11 is 0. The molecule has 1 aliphatic carbocycles. The number of likely N-dealkylation sites (tertiary alicyclic amines) is 2. The Bertz CT molecular complexity index is 504. The highest BCUT2D eigenvalue weighted by atomic mass is 15.4. The fraction of sp³-hybridized carbons (Fsp3) is 0.579. The van der Waals surface area contributed by atoms with Crippen LogP contribution in [-0.2, 0) is 5.66 Å². The van der Waals surface area contributed by atoms with E-state index >= 15 is 0 Å². The van der Waals surface area contributed by atoms with E-state index in [9.17, 15) is 0 Å². The van der Waals surface area contributed by atoms with Crippen LogP contribution in [0.25, 0.3) is 6.08 Å². The fourth-order valence-electron chi connectivity index (χ4n) is 4.49. The molecule has 0 atom stereocenters. The molecule has 0 bridgehead atoms. The number of rotatable bonds is 2. The van der Waals surface area contributed by atoms with Gasteiger partial charge in [0.1, 0.15) is 5.66 Å². The van der Waals surface area contributed by atoms with Crippen molar-refractivity contribution in [1.29, 1.82) is 0 Å². The van der Waals surface area contributed by atoms with Crippen LogP contribution < -0.4 is 0 Å². The number of fused-ring (bicyclic) bond motifs is 1. The van der Waals surface area contributed by atoms with Gasteiger partial charge in [-0.1, -0.05) is 43.2 Å². The Hall–Kier alpha value is -1.12.